The first kappa shape index (κ1) is 12.4. The Morgan fingerprint density at radius 1 is 1.38 bits per heavy atom. The molecule has 0 aliphatic rings. The molecule has 0 radical (unpaired) electrons. The number of hydrogen-bond acceptors (Lipinski definition) is 3. The van der Waals surface area contributed by atoms with Crippen LogP contribution in [0.4, 0.5) is 0 Å². The van der Waals surface area contributed by atoms with Crippen LogP contribution in [0.3, 0.4) is 0 Å². The topological polar surface area (TPSA) is 60.8 Å². The molecule has 78 valence electrons. The van der Waals surface area contributed by atoms with E-state index in [1.54, 1.807) is 13.8 Å². The molecule has 4 heteroatoms. The molecular formula is C9H19NO3. The third-order valence-corrected chi connectivity index (χ3v) is 2.36. The van der Waals surface area contributed by atoms with Gasteiger partial charge in [0, 0.05) is 12.6 Å². The summed E-state index contributed by atoms with van der Waals surface area (Å²) in [7, 11) is 1.82. The number of hydrogen-bond donors (Lipinski definition) is 2. The lowest BCUT2D eigenvalue weighted by Gasteiger charge is -2.28. The van der Waals surface area contributed by atoms with Crippen molar-refractivity contribution in [3.05, 3.63) is 0 Å². The number of likely N-dealkylation sites (N-methyl/N-ethyl adjacent to an activating group) is 1. The molecule has 13 heavy (non-hydrogen) atoms. The highest BCUT2D eigenvalue weighted by Crippen LogP contribution is 2.09. The monoisotopic (exact) mass is 189 g/mol. The molecule has 0 aliphatic heterocycles. The summed E-state index contributed by atoms with van der Waals surface area (Å²) >= 11 is 0. The fraction of sp³-hybridized carbons (Fsp3) is 0.889. The molecule has 0 rings (SSSR count). The van der Waals surface area contributed by atoms with Crippen LogP contribution in [0.25, 0.3) is 0 Å². The van der Waals surface area contributed by atoms with E-state index in [9.17, 15) is 4.79 Å². The normalized spacial score (nSPS) is 18.3. The van der Waals surface area contributed by atoms with E-state index < -0.39 is 18.0 Å². The summed E-state index contributed by atoms with van der Waals surface area (Å²) in [5, 5.41) is 17.8. The van der Waals surface area contributed by atoms with Gasteiger partial charge in [0.05, 0.1) is 12.0 Å². The second-order valence-corrected chi connectivity index (χ2v) is 3.66. The van der Waals surface area contributed by atoms with Crippen molar-refractivity contribution in [3.63, 3.8) is 0 Å². The zero-order chi connectivity index (χ0) is 10.6. The van der Waals surface area contributed by atoms with Gasteiger partial charge in [-0.3, -0.25) is 4.79 Å². The Hall–Kier alpha value is -0.610. The molecule has 0 aromatic carbocycles. The molecule has 0 aromatic rings. The average molecular weight is 189 g/mol. The number of rotatable bonds is 5. The summed E-state index contributed by atoms with van der Waals surface area (Å²) in [6.07, 6.45) is -0.423. The zero-order valence-electron chi connectivity index (χ0n) is 8.69. The number of carboxylic acid groups (broad SMARTS) is 1. The van der Waals surface area contributed by atoms with E-state index in [1.165, 1.54) is 0 Å². The van der Waals surface area contributed by atoms with Gasteiger partial charge in [0.1, 0.15) is 0 Å². The van der Waals surface area contributed by atoms with Crippen LogP contribution in [0.5, 0.6) is 0 Å². The maximum Gasteiger partial charge on any atom is 0.307 e. The van der Waals surface area contributed by atoms with Crippen LogP contribution in [-0.4, -0.2) is 46.8 Å². The predicted molar refractivity (Wildman–Crippen MR) is 50.6 cm³/mol. The maximum atomic E-state index is 10.6. The molecule has 0 heterocycles. The highest BCUT2D eigenvalue weighted by molar-refractivity contribution is 5.70. The fourth-order valence-corrected chi connectivity index (χ4v) is 1.17. The van der Waals surface area contributed by atoms with Gasteiger partial charge in [0.15, 0.2) is 0 Å². The first-order chi connectivity index (χ1) is 5.86. The van der Waals surface area contributed by atoms with Crippen LogP contribution in [0, 0.1) is 5.92 Å². The molecule has 2 N–H and O–H groups in total. The standard InChI is InChI=1S/C9H19NO3/c1-6(11)5-10(4)8(3)7(2)9(12)13/h6-8,11H,5H2,1-4H3,(H,12,13). The average Bonchev–Trinajstić information content (AvgIpc) is 2.00. The van der Waals surface area contributed by atoms with Crippen molar-refractivity contribution in [1.82, 2.24) is 4.90 Å². The third-order valence-electron chi connectivity index (χ3n) is 2.36. The Bertz CT molecular complexity index is 170. The van der Waals surface area contributed by atoms with E-state index in [0.717, 1.165) is 0 Å². The van der Waals surface area contributed by atoms with Gasteiger partial charge < -0.3 is 15.1 Å². The number of nitrogens with zero attached hydrogens (tertiary/aromatic N) is 1. The predicted octanol–water partition coefficient (Wildman–Crippen LogP) is 0.408. The maximum absolute atomic E-state index is 10.6. The highest BCUT2D eigenvalue weighted by Gasteiger charge is 2.23. The van der Waals surface area contributed by atoms with Gasteiger partial charge >= 0.3 is 5.97 Å². The Morgan fingerprint density at radius 2 is 1.85 bits per heavy atom. The first-order valence-electron chi connectivity index (χ1n) is 4.47. The molecule has 4 nitrogen and oxygen atoms in total. The van der Waals surface area contributed by atoms with Gasteiger partial charge in [-0.25, -0.2) is 0 Å². The Kier molecular flexibility index (Phi) is 4.95. The van der Waals surface area contributed by atoms with E-state index >= 15 is 0 Å². The molecule has 0 amide bonds. The van der Waals surface area contributed by atoms with Crippen molar-refractivity contribution >= 4 is 5.97 Å². The van der Waals surface area contributed by atoms with Gasteiger partial charge in [-0.1, -0.05) is 6.92 Å². The van der Waals surface area contributed by atoms with E-state index in [-0.39, 0.29) is 6.04 Å². The number of carbonyl (C=O) groups is 1. The Balaban J connectivity index is 4.08. The lowest BCUT2D eigenvalue weighted by molar-refractivity contribution is -0.143. The second kappa shape index (κ2) is 5.19. The molecule has 0 fully saturated rings. The minimum Gasteiger partial charge on any atom is -0.481 e. The molecule has 3 atom stereocenters. The molecule has 0 aliphatic carbocycles. The van der Waals surface area contributed by atoms with Gasteiger partial charge in [0.25, 0.3) is 0 Å². The largest absolute Gasteiger partial charge is 0.481 e. The van der Waals surface area contributed by atoms with Crippen LogP contribution in [0.2, 0.25) is 0 Å². The van der Waals surface area contributed by atoms with Crippen LogP contribution in [0.1, 0.15) is 20.8 Å². The van der Waals surface area contributed by atoms with E-state index in [0.29, 0.717) is 6.54 Å². The Morgan fingerprint density at radius 3 is 2.15 bits per heavy atom. The van der Waals surface area contributed by atoms with E-state index in [2.05, 4.69) is 0 Å². The quantitative estimate of drug-likeness (QED) is 0.657. The van der Waals surface area contributed by atoms with Crippen molar-refractivity contribution in [2.45, 2.75) is 32.9 Å². The summed E-state index contributed by atoms with van der Waals surface area (Å²) in [6, 6.07) is -0.0629. The minimum atomic E-state index is -0.801. The van der Waals surface area contributed by atoms with Gasteiger partial charge in [0.2, 0.25) is 0 Å². The van der Waals surface area contributed by atoms with Crippen molar-refractivity contribution in [2.24, 2.45) is 5.92 Å². The van der Waals surface area contributed by atoms with Crippen LogP contribution < -0.4 is 0 Å². The summed E-state index contributed by atoms with van der Waals surface area (Å²) < 4.78 is 0. The molecule has 0 spiro atoms. The number of carboxylic acids is 1. The summed E-state index contributed by atoms with van der Waals surface area (Å²) in [5.41, 5.74) is 0. The SMILES string of the molecule is CC(O)CN(C)C(C)C(C)C(=O)O. The number of aliphatic hydroxyl groups excluding tert-OH is 1. The molecule has 3 unspecified atom stereocenters. The van der Waals surface area contributed by atoms with Crippen molar-refractivity contribution < 1.29 is 15.0 Å². The summed E-state index contributed by atoms with van der Waals surface area (Å²) in [4.78, 5) is 12.5. The lowest BCUT2D eigenvalue weighted by Crippen LogP contribution is -2.41. The molecular weight excluding hydrogens is 170 g/mol. The second-order valence-electron chi connectivity index (χ2n) is 3.66. The fourth-order valence-electron chi connectivity index (χ4n) is 1.17. The molecule has 0 aromatic heterocycles. The summed E-state index contributed by atoms with van der Waals surface area (Å²) in [6.45, 7) is 5.71. The van der Waals surface area contributed by atoms with Crippen LogP contribution >= 0.6 is 0 Å². The van der Waals surface area contributed by atoms with Crippen molar-refractivity contribution in [2.75, 3.05) is 13.6 Å². The highest BCUT2D eigenvalue weighted by atomic mass is 16.4. The van der Waals surface area contributed by atoms with Crippen LogP contribution in [0.15, 0.2) is 0 Å². The third kappa shape index (κ3) is 4.24. The molecule has 0 bridgehead atoms. The van der Waals surface area contributed by atoms with Crippen LogP contribution in [-0.2, 0) is 4.79 Å². The summed E-state index contributed by atoms with van der Waals surface area (Å²) in [5.74, 6) is -1.21. The van der Waals surface area contributed by atoms with Crippen molar-refractivity contribution in [1.29, 1.82) is 0 Å². The smallest absolute Gasteiger partial charge is 0.307 e. The minimum absolute atomic E-state index is 0.0629. The zero-order valence-corrected chi connectivity index (χ0v) is 8.69. The van der Waals surface area contributed by atoms with Gasteiger partial charge in [-0.05, 0) is 20.9 Å². The van der Waals surface area contributed by atoms with Gasteiger partial charge in [-0.2, -0.15) is 0 Å². The van der Waals surface area contributed by atoms with E-state index in [1.807, 2.05) is 18.9 Å². The van der Waals surface area contributed by atoms with E-state index in [4.69, 9.17) is 10.2 Å². The lowest BCUT2D eigenvalue weighted by atomic mass is 10.0. The van der Waals surface area contributed by atoms with Gasteiger partial charge in [-0.15, -0.1) is 0 Å². The first-order valence-corrected chi connectivity index (χ1v) is 4.47. The van der Waals surface area contributed by atoms with Crippen molar-refractivity contribution in [3.8, 4) is 0 Å². The number of aliphatic carboxylic acids is 1. The molecule has 0 saturated carbocycles. The molecule has 0 saturated heterocycles. The number of aliphatic hydroxyl groups is 1. The Labute approximate surface area is 79.2 Å².